The molecule has 0 spiro atoms. The van der Waals surface area contributed by atoms with E-state index in [-0.39, 0.29) is 22.5 Å². The molecule has 1 atom stereocenters. The largest absolute Gasteiger partial charge is 0.350 e. The molecule has 6 heteroatoms. The van der Waals surface area contributed by atoms with Gasteiger partial charge in [-0.2, -0.15) is 8.78 Å². The highest BCUT2D eigenvalue weighted by atomic mass is 32.2. The van der Waals surface area contributed by atoms with Gasteiger partial charge in [0.1, 0.15) is 5.03 Å². The van der Waals surface area contributed by atoms with E-state index in [1.807, 2.05) is 6.92 Å². The standard InChI is InChI=1S/C14H20F2N2OS/c1-3-4-5-7-10(2)18-12(19)11-8-6-9-17-13(11)20-14(15)16/h6,8-10,14H,3-5,7H2,1-2H3,(H,18,19). The van der Waals surface area contributed by atoms with Gasteiger partial charge in [-0.1, -0.05) is 26.2 Å². The number of carbonyl (C=O) groups excluding carboxylic acids is 1. The molecule has 0 aliphatic rings. The molecule has 3 nitrogen and oxygen atoms in total. The Bertz CT molecular complexity index is 429. The molecule has 0 aromatic carbocycles. The third-order valence-corrected chi connectivity index (χ3v) is 3.56. The summed E-state index contributed by atoms with van der Waals surface area (Å²) in [6.07, 6.45) is 5.59. The number of thioether (sulfide) groups is 1. The summed E-state index contributed by atoms with van der Waals surface area (Å²) in [6.45, 7) is 4.04. The van der Waals surface area contributed by atoms with Crippen LogP contribution >= 0.6 is 11.8 Å². The predicted octanol–water partition coefficient (Wildman–Crippen LogP) is 4.09. The molecule has 0 fully saturated rings. The van der Waals surface area contributed by atoms with E-state index < -0.39 is 5.76 Å². The van der Waals surface area contributed by atoms with E-state index >= 15 is 0 Å². The van der Waals surface area contributed by atoms with Gasteiger partial charge in [0.15, 0.2) is 0 Å². The number of hydrogen-bond donors (Lipinski definition) is 1. The molecule has 112 valence electrons. The molecular formula is C14H20F2N2OS. The van der Waals surface area contributed by atoms with Crippen LogP contribution in [0.15, 0.2) is 23.4 Å². The Morgan fingerprint density at radius 1 is 1.45 bits per heavy atom. The number of nitrogens with one attached hydrogen (secondary N) is 1. The minimum Gasteiger partial charge on any atom is -0.350 e. The van der Waals surface area contributed by atoms with Gasteiger partial charge in [-0.3, -0.25) is 4.79 Å². The molecule has 1 aromatic rings. The highest BCUT2D eigenvalue weighted by molar-refractivity contribution is 7.99. The molecular weight excluding hydrogens is 282 g/mol. The number of amides is 1. The molecule has 1 rings (SSSR count). The summed E-state index contributed by atoms with van der Waals surface area (Å²) in [7, 11) is 0. The van der Waals surface area contributed by atoms with E-state index in [0.29, 0.717) is 11.8 Å². The van der Waals surface area contributed by atoms with Crippen LogP contribution < -0.4 is 5.32 Å². The molecule has 1 N–H and O–H groups in total. The number of rotatable bonds is 8. The van der Waals surface area contributed by atoms with Crippen LogP contribution in [0.2, 0.25) is 0 Å². The highest BCUT2D eigenvalue weighted by Crippen LogP contribution is 2.26. The van der Waals surface area contributed by atoms with Crippen molar-refractivity contribution < 1.29 is 13.6 Å². The van der Waals surface area contributed by atoms with Crippen LogP contribution in [0, 0.1) is 0 Å². The van der Waals surface area contributed by atoms with E-state index in [4.69, 9.17) is 0 Å². The Kier molecular flexibility index (Phi) is 7.51. The van der Waals surface area contributed by atoms with Gasteiger partial charge in [-0.05, 0) is 37.2 Å². The van der Waals surface area contributed by atoms with Gasteiger partial charge < -0.3 is 5.32 Å². The summed E-state index contributed by atoms with van der Waals surface area (Å²) in [5.41, 5.74) is 0.208. The second kappa shape index (κ2) is 8.89. The second-order valence-electron chi connectivity index (χ2n) is 4.60. The number of unbranched alkanes of at least 4 members (excludes halogenated alkanes) is 2. The monoisotopic (exact) mass is 302 g/mol. The maximum Gasteiger partial charge on any atom is 0.290 e. The average Bonchev–Trinajstić information content (AvgIpc) is 2.38. The smallest absolute Gasteiger partial charge is 0.290 e. The fourth-order valence-corrected chi connectivity index (χ4v) is 2.39. The molecule has 0 saturated carbocycles. The van der Waals surface area contributed by atoms with E-state index in [0.717, 1.165) is 25.7 Å². The third-order valence-electron chi connectivity index (χ3n) is 2.83. The van der Waals surface area contributed by atoms with Gasteiger partial charge in [-0.25, -0.2) is 4.98 Å². The summed E-state index contributed by atoms with van der Waals surface area (Å²) < 4.78 is 24.8. The van der Waals surface area contributed by atoms with E-state index in [1.54, 1.807) is 6.07 Å². The maximum absolute atomic E-state index is 12.4. The van der Waals surface area contributed by atoms with Crippen molar-refractivity contribution in [3.05, 3.63) is 23.9 Å². The van der Waals surface area contributed by atoms with E-state index in [2.05, 4.69) is 17.2 Å². The van der Waals surface area contributed by atoms with Crippen molar-refractivity contribution in [3.63, 3.8) is 0 Å². The summed E-state index contributed by atoms with van der Waals surface area (Å²) in [5, 5.41) is 2.90. The normalized spacial score (nSPS) is 12.4. The van der Waals surface area contributed by atoms with E-state index in [9.17, 15) is 13.6 Å². The number of halogens is 2. The Labute approximate surface area is 122 Å². The van der Waals surface area contributed by atoms with Gasteiger partial charge in [0, 0.05) is 12.2 Å². The van der Waals surface area contributed by atoms with Crippen LogP contribution in [-0.2, 0) is 0 Å². The minimum absolute atomic E-state index is 0.0265. The van der Waals surface area contributed by atoms with Crippen LogP contribution in [-0.4, -0.2) is 22.7 Å². The molecule has 0 aliphatic heterocycles. The minimum atomic E-state index is -2.58. The number of aromatic nitrogens is 1. The SMILES string of the molecule is CCCCCC(C)NC(=O)c1cccnc1SC(F)F. The highest BCUT2D eigenvalue weighted by Gasteiger charge is 2.17. The van der Waals surface area contributed by atoms with Crippen molar-refractivity contribution in [2.45, 2.75) is 56.4 Å². The number of pyridine rings is 1. The first-order valence-corrected chi connectivity index (χ1v) is 7.63. The van der Waals surface area contributed by atoms with Gasteiger partial charge in [0.25, 0.3) is 11.7 Å². The van der Waals surface area contributed by atoms with Crippen LogP contribution in [0.5, 0.6) is 0 Å². The van der Waals surface area contributed by atoms with Crippen LogP contribution in [0.1, 0.15) is 49.9 Å². The van der Waals surface area contributed by atoms with Crippen LogP contribution in [0.3, 0.4) is 0 Å². The first-order valence-electron chi connectivity index (χ1n) is 6.75. The fraction of sp³-hybridized carbons (Fsp3) is 0.571. The van der Waals surface area contributed by atoms with Crippen LogP contribution in [0.4, 0.5) is 8.78 Å². The molecule has 0 saturated heterocycles. The summed E-state index contributed by atoms with van der Waals surface area (Å²) >= 11 is 0.297. The first-order chi connectivity index (χ1) is 9.54. The predicted molar refractivity (Wildman–Crippen MR) is 77.2 cm³/mol. The number of hydrogen-bond acceptors (Lipinski definition) is 3. The third kappa shape index (κ3) is 5.86. The van der Waals surface area contributed by atoms with Gasteiger partial charge >= 0.3 is 0 Å². The Balaban J connectivity index is 2.62. The van der Waals surface area contributed by atoms with Crippen molar-refractivity contribution in [3.8, 4) is 0 Å². The second-order valence-corrected chi connectivity index (χ2v) is 5.58. The number of carbonyl (C=O) groups is 1. The number of alkyl halides is 2. The van der Waals surface area contributed by atoms with Crippen molar-refractivity contribution in [1.82, 2.24) is 10.3 Å². The summed E-state index contributed by atoms with van der Waals surface area (Å²) in [5.74, 6) is -2.93. The molecule has 1 amide bonds. The quantitative estimate of drug-likeness (QED) is 0.581. The lowest BCUT2D eigenvalue weighted by Crippen LogP contribution is -2.33. The molecule has 1 heterocycles. The van der Waals surface area contributed by atoms with Gasteiger partial charge in [0.2, 0.25) is 0 Å². The summed E-state index contributed by atoms with van der Waals surface area (Å²) in [6, 6.07) is 3.12. The Morgan fingerprint density at radius 2 is 2.20 bits per heavy atom. The molecule has 0 bridgehead atoms. The van der Waals surface area contributed by atoms with Gasteiger partial charge in [0.05, 0.1) is 5.56 Å². The Morgan fingerprint density at radius 3 is 2.85 bits per heavy atom. The average molecular weight is 302 g/mol. The summed E-state index contributed by atoms with van der Waals surface area (Å²) in [4.78, 5) is 15.9. The van der Waals surface area contributed by atoms with Crippen molar-refractivity contribution in [2.24, 2.45) is 0 Å². The zero-order chi connectivity index (χ0) is 15.0. The first kappa shape index (κ1) is 16.9. The molecule has 0 radical (unpaired) electrons. The molecule has 1 aromatic heterocycles. The lowest BCUT2D eigenvalue weighted by molar-refractivity contribution is 0.0934. The van der Waals surface area contributed by atoms with E-state index in [1.165, 1.54) is 12.3 Å². The van der Waals surface area contributed by atoms with Crippen LogP contribution in [0.25, 0.3) is 0 Å². The lowest BCUT2D eigenvalue weighted by atomic mass is 10.1. The molecule has 20 heavy (non-hydrogen) atoms. The van der Waals surface area contributed by atoms with Crippen molar-refractivity contribution in [2.75, 3.05) is 0 Å². The zero-order valence-corrected chi connectivity index (χ0v) is 12.6. The van der Waals surface area contributed by atoms with Crippen molar-refractivity contribution in [1.29, 1.82) is 0 Å². The van der Waals surface area contributed by atoms with Gasteiger partial charge in [-0.15, -0.1) is 0 Å². The topological polar surface area (TPSA) is 42.0 Å². The number of nitrogens with zero attached hydrogens (tertiary/aromatic N) is 1. The fourth-order valence-electron chi connectivity index (χ4n) is 1.82. The lowest BCUT2D eigenvalue weighted by Gasteiger charge is -2.14. The molecule has 0 aliphatic carbocycles. The van der Waals surface area contributed by atoms with Crippen molar-refractivity contribution >= 4 is 17.7 Å². The molecule has 1 unspecified atom stereocenters. The zero-order valence-electron chi connectivity index (χ0n) is 11.7. The Hall–Kier alpha value is -1.17. The maximum atomic E-state index is 12.4.